The van der Waals surface area contributed by atoms with E-state index in [4.69, 9.17) is 11.6 Å². The second kappa shape index (κ2) is 5.88. The molecule has 2 rings (SSSR count). The number of nitrogens with zero attached hydrogens (tertiary/aromatic N) is 2. The Morgan fingerprint density at radius 2 is 2.05 bits per heavy atom. The quantitative estimate of drug-likeness (QED) is 0.645. The molecule has 0 N–H and O–H groups in total. The molecule has 0 saturated carbocycles. The number of hydrogen-bond donors (Lipinski definition) is 0. The van der Waals surface area contributed by atoms with E-state index in [0.717, 1.165) is 0 Å². The number of halogens is 2. The Morgan fingerprint density at radius 3 is 2.65 bits per heavy atom. The summed E-state index contributed by atoms with van der Waals surface area (Å²) in [4.78, 5) is 11.1. The van der Waals surface area contributed by atoms with Crippen molar-refractivity contribution in [3.63, 3.8) is 0 Å². The van der Waals surface area contributed by atoms with Crippen molar-refractivity contribution in [3.8, 4) is 5.69 Å². The van der Waals surface area contributed by atoms with E-state index in [1.165, 1.54) is 36.1 Å². The molecule has 1 aromatic heterocycles. The number of hydrogen-bond acceptors (Lipinski definition) is 3. The van der Waals surface area contributed by atoms with Gasteiger partial charge in [-0.15, -0.1) is 0 Å². The number of methoxy groups -OCH3 is 1. The van der Waals surface area contributed by atoms with Crippen LogP contribution in [0.3, 0.4) is 0 Å². The predicted octanol–water partition coefficient (Wildman–Crippen LogP) is 3.16. The standard InChI is InChI=1S/C14H12ClFN2O2/c1-9-12(7-8-13(19)20-2)14(15)18(17-9)11-5-3-10(16)4-6-11/h3-8H,1-2H3/b8-7+. The van der Waals surface area contributed by atoms with Crippen molar-refractivity contribution in [3.05, 3.63) is 52.6 Å². The number of ether oxygens (including phenoxy) is 1. The normalized spacial score (nSPS) is 11.0. The average Bonchev–Trinajstić information content (AvgIpc) is 2.72. The topological polar surface area (TPSA) is 44.1 Å². The lowest BCUT2D eigenvalue weighted by Crippen LogP contribution is -1.96. The third-order valence-electron chi connectivity index (χ3n) is 2.71. The summed E-state index contributed by atoms with van der Waals surface area (Å²) in [5, 5.41) is 4.61. The van der Waals surface area contributed by atoms with Gasteiger partial charge in [-0.25, -0.2) is 13.9 Å². The number of rotatable bonds is 3. The minimum absolute atomic E-state index is 0.334. The van der Waals surface area contributed by atoms with Gasteiger partial charge in [0.2, 0.25) is 0 Å². The summed E-state index contributed by atoms with van der Waals surface area (Å²) in [7, 11) is 1.29. The van der Waals surface area contributed by atoms with Gasteiger partial charge in [-0.05, 0) is 37.3 Å². The molecule has 0 spiro atoms. The zero-order valence-corrected chi connectivity index (χ0v) is 11.7. The predicted molar refractivity (Wildman–Crippen MR) is 74.3 cm³/mol. The Labute approximate surface area is 120 Å². The third kappa shape index (κ3) is 2.88. The van der Waals surface area contributed by atoms with Crippen LogP contribution in [0, 0.1) is 12.7 Å². The van der Waals surface area contributed by atoms with Crippen LogP contribution in [0.15, 0.2) is 30.3 Å². The third-order valence-corrected chi connectivity index (χ3v) is 3.07. The minimum Gasteiger partial charge on any atom is -0.466 e. The van der Waals surface area contributed by atoms with Gasteiger partial charge in [0.25, 0.3) is 0 Å². The van der Waals surface area contributed by atoms with Crippen LogP contribution in [0.25, 0.3) is 11.8 Å². The van der Waals surface area contributed by atoms with Gasteiger partial charge in [0.1, 0.15) is 11.0 Å². The van der Waals surface area contributed by atoms with Gasteiger partial charge < -0.3 is 4.74 Å². The average molecular weight is 295 g/mol. The van der Waals surface area contributed by atoms with E-state index in [2.05, 4.69) is 9.84 Å². The molecule has 104 valence electrons. The Kier molecular flexibility index (Phi) is 4.20. The van der Waals surface area contributed by atoms with Crippen LogP contribution >= 0.6 is 11.6 Å². The van der Waals surface area contributed by atoms with Gasteiger partial charge in [-0.3, -0.25) is 0 Å². The Morgan fingerprint density at radius 1 is 1.40 bits per heavy atom. The number of carbonyl (C=O) groups excluding carboxylic acids is 1. The first-order valence-corrected chi connectivity index (χ1v) is 6.18. The molecule has 2 aromatic rings. The van der Waals surface area contributed by atoms with Gasteiger partial charge in [0, 0.05) is 11.6 Å². The SMILES string of the molecule is COC(=O)/C=C/c1c(C)nn(-c2ccc(F)cc2)c1Cl. The summed E-state index contributed by atoms with van der Waals surface area (Å²) in [6.45, 7) is 1.77. The van der Waals surface area contributed by atoms with Crippen LogP contribution in [0.4, 0.5) is 4.39 Å². The van der Waals surface area contributed by atoms with Crippen LogP contribution in [-0.4, -0.2) is 22.9 Å². The molecule has 0 bridgehead atoms. The van der Waals surface area contributed by atoms with E-state index in [-0.39, 0.29) is 5.82 Å². The maximum Gasteiger partial charge on any atom is 0.330 e. The van der Waals surface area contributed by atoms with E-state index in [0.29, 0.717) is 22.1 Å². The van der Waals surface area contributed by atoms with Crippen molar-refractivity contribution in [2.75, 3.05) is 7.11 Å². The van der Waals surface area contributed by atoms with Gasteiger partial charge in [-0.1, -0.05) is 11.6 Å². The van der Waals surface area contributed by atoms with Gasteiger partial charge in [0.05, 0.1) is 18.5 Å². The molecule has 0 unspecified atom stereocenters. The lowest BCUT2D eigenvalue weighted by Gasteiger charge is -2.02. The lowest BCUT2D eigenvalue weighted by molar-refractivity contribution is -0.134. The highest BCUT2D eigenvalue weighted by atomic mass is 35.5. The maximum atomic E-state index is 12.9. The molecule has 6 heteroatoms. The molecule has 20 heavy (non-hydrogen) atoms. The molecule has 0 aliphatic heterocycles. The zero-order valence-electron chi connectivity index (χ0n) is 10.9. The minimum atomic E-state index is -0.477. The molecule has 1 heterocycles. The van der Waals surface area contributed by atoms with Crippen molar-refractivity contribution in [1.82, 2.24) is 9.78 Å². The van der Waals surface area contributed by atoms with Gasteiger partial charge >= 0.3 is 5.97 Å². The molecule has 0 saturated heterocycles. The van der Waals surface area contributed by atoms with E-state index >= 15 is 0 Å². The molecule has 0 fully saturated rings. The fourth-order valence-electron chi connectivity index (χ4n) is 1.67. The number of esters is 1. The highest BCUT2D eigenvalue weighted by Crippen LogP contribution is 2.24. The van der Waals surface area contributed by atoms with Crippen molar-refractivity contribution in [2.45, 2.75) is 6.92 Å². The Bertz CT molecular complexity index is 663. The summed E-state index contributed by atoms with van der Waals surface area (Å²) in [5.74, 6) is -0.811. The molecule has 0 aliphatic rings. The summed E-state index contributed by atoms with van der Waals surface area (Å²) in [5.41, 5.74) is 1.90. The smallest absolute Gasteiger partial charge is 0.330 e. The molecule has 1 aromatic carbocycles. The van der Waals surface area contributed by atoms with E-state index in [9.17, 15) is 9.18 Å². The molecule has 0 radical (unpaired) electrons. The fraction of sp³-hybridized carbons (Fsp3) is 0.143. The first-order chi connectivity index (χ1) is 9.52. The molecule has 0 atom stereocenters. The summed E-state index contributed by atoms with van der Waals surface area (Å²) in [6.07, 6.45) is 2.81. The van der Waals surface area contributed by atoms with Gasteiger partial charge in [0.15, 0.2) is 0 Å². The van der Waals surface area contributed by atoms with E-state index in [1.807, 2.05) is 0 Å². The second-order valence-electron chi connectivity index (χ2n) is 4.03. The fourth-order valence-corrected chi connectivity index (χ4v) is 2.01. The zero-order chi connectivity index (χ0) is 14.7. The molecule has 0 aliphatic carbocycles. The molecular weight excluding hydrogens is 283 g/mol. The second-order valence-corrected chi connectivity index (χ2v) is 4.39. The monoisotopic (exact) mass is 294 g/mol. The Balaban J connectivity index is 2.41. The van der Waals surface area contributed by atoms with Crippen LogP contribution in [0.5, 0.6) is 0 Å². The van der Waals surface area contributed by atoms with Crippen LogP contribution < -0.4 is 0 Å². The molecule has 0 amide bonds. The van der Waals surface area contributed by atoms with Crippen LogP contribution in [0.2, 0.25) is 5.15 Å². The van der Waals surface area contributed by atoms with Crippen molar-refractivity contribution in [1.29, 1.82) is 0 Å². The van der Waals surface area contributed by atoms with E-state index in [1.54, 1.807) is 19.1 Å². The van der Waals surface area contributed by atoms with Crippen molar-refractivity contribution in [2.24, 2.45) is 0 Å². The Hall–Kier alpha value is -2.14. The number of aryl methyl sites for hydroxylation is 1. The highest BCUT2D eigenvalue weighted by Gasteiger charge is 2.12. The van der Waals surface area contributed by atoms with Gasteiger partial charge in [-0.2, -0.15) is 5.10 Å². The largest absolute Gasteiger partial charge is 0.466 e. The number of aromatic nitrogens is 2. The lowest BCUT2D eigenvalue weighted by atomic mass is 10.2. The summed E-state index contributed by atoms with van der Waals surface area (Å²) >= 11 is 6.23. The number of benzene rings is 1. The van der Waals surface area contributed by atoms with E-state index < -0.39 is 5.97 Å². The number of carbonyl (C=O) groups is 1. The molecule has 4 nitrogen and oxygen atoms in total. The maximum absolute atomic E-state index is 12.9. The van der Waals surface area contributed by atoms with Crippen molar-refractivity contribution < 1.29 is 13.9 Å². The summed E-state index contributed by atoms with van der Waals surface area (Å²) < 4.78 is 18.9. The molecular formula is C14H12ClFN2O2. The summed E-state index contributed by atoms with van der Waals surface area (Å²) in [6, 6.07) is 5.79. The first kappa shape index (κ1) is 14.3. The highest BCUT2D eigenvalue weighted by molar-refractivity contribution is 6.31. The van der Waals surface area contributed by atoms with Crippen LogP contribution in [-0.2, 0) is 9.53 Å². The first-order valence-electron chi connectivity index (χ1n) is 5.80. The van der Waals surface area contributed by atoms with Crippen molar-refractivity contribution >= 4 is 23.6 Å². The van der Waals surface area contributed by atoms with Crippen LogP contribution in [0.1, 0.15) is 11.3 Å².